The molecule has 2 aromatic rings. The summed E-state index contributed by atoms with van der Waals surface area (Å²) in [5.74, 6) is 0.483. The molecule has 0 bridgehead atoms. The lowest BCUT2D eigenvalue weighted by Crippen LogP contribution is -2.34. The van der Waals surface area contributed by atoms with Gasteiger partial charge in [0.05, 0.1) is 12.2 Å². The summed E-state index contributed by atoms with van der Waals surface area (Å²) in [4.78, 5) is 23.4. The van der Waals surface area contributed by atoms with Crippen molar-refractivity contribution in [1.82, 2.24) is 25.3 Å². The van der Waals surface area contributed by atoms with Gasteiger partial charge in [0.1, 0.15) is 0 Å². The minimum absolute atomic E-state index is 0.150. The van der Waals surface area contributed by atoms with Crippen molar-refractivity contribution in [2.45, 2.75) is 25.3 Å². The minimum Gasteiger partial charge on any atom is -0.466 e. The molecule has 0 atom stereocenters. The van der Waals surface area contributed by atoms with Crippen molar-refractivity contribution >= 4 is 5.91 Å². The van der Waals surface area contributed by atoms with Crippen LogP contribution in [0, 0.1) is 0 Å². The van der Waals surface area contributed by atoms with Crippen LogP contribution in [-0.2, 0) is 11.3 Å². The third kappa shape index (κ3) is 4.35. The summed E-state index contributed by atoms with van der Waals surface area (Å²) in [6.07, 6.45) is 3.77. The highest BCUT2D eigenvalue weighted by Crippen LogP contribution is 2.38. The first-order chi connectivity index (χ1) is 11.2. The standard InChI is InChI=1S/C15H17N5O3/c21-13(10-23-14-2-1-7-17-18-14)16-8-9-20-15(22)6-5-12(19-20)11-3-4-11/h1-2,5-7,11H,3-4,8-10H2,(H,16,21). The topological polar surface area (TPSA) is 99.0 Å². The van der Waals surface area contributed by atoms with Gasteiger partial charge in [-0.3, -0.25) is 9.59 Å². The van der Waals surface area contributed by atoms with E-state index in [0.717, 1.165) is 18.5 Å². The van der Waals surface area contributed by atoms with E-state index >= 15 is 0 Å². The number of nitrogens with one attached hydrogen (secondary N) is 1. The molecule has 23 heavy (non-hydrogen) atoms. The molecule has 0 aromatic carbocycles. The predicted octanol–water partition coefficient (Wildman–Crippen LogP) is 0.106. The van der Waals surface area contributed by atoms with Crippen molar-refractivity contribution in [2.24, 2.45) is 0 Å². The maximum absolute atomic E-state index is 11.7. The lowest BCUT2D eigenvalue weighted by atomic mass is 10.3. The molecule has 8 heteroatoms. The third-order valence-electron chi connectivity index (χ3n) is 3.43. The Hall–Kier alpha value is -2.77. The molecule has 0 aliphatic heterocycles. The lowest BCUT2D eigenvalue weighted by Gasteiger charge is -2.08. The molecule has 0 spiro atoms. The first-order valence-corrected chi connectivity index (χ1v) is 7.47. The number of ether oxygens (including phenoxy) is 1. The maximum atomic E-state index is 11.7. The van der Waals surface area contributed by atoms with E-state index in [4.69, 9.17) is 4.74 Å². The van der Waals surface area contributed by atoms with Crippen LogP contribution < -0.4 is 15.6 Å². The number of hydrogen-bond donors (Lipinski definition) is 1. The fourth-order valence-electron chi connectivity index (χ4n) is 2.08. The van der Waals surface area contributed by atoms with Gasteiger partial charge in [-0.2, -0.15) is 10.2 Å². The van der Waals surface area contributed by atoms with Crippen LogP contribution >= 0.6 is 0 Å². The Morgan fingerprint density at radius 1 is 1.35 bits per heavy atom. The minimum atomic E-state index is -0.290. The van der Waals surface area contributed by atoms with Gasteiger partial charge in [-0.25, -0.2) is 4.68 Å². The predicted molar refractivity (Wildman–Crippen MR) is 81.0 cm³/mol. The van der Waals surface area contributed by atoms with Crippen molar-refractivity contribution < 1.29 is 9.53 Å². The van der Waals surface area contributed by atoms with E-state index in [9.17, 15) is 9.59 Å². The molecule has 1 aliphatic carbocycles. The van der Waals surface area contributed by atoms with Crippen LogP contribution in [0.25, 0.3) is 0 Å². The number of aromatic nitrogens is 4. The van der Waals surface area contributed by atoms with E-state index in [0.29, 0.717) is 19.0 Å². The Kier molecular flexibility index (Phi) is 4.60. The fourth-order valence-corrected chi connectivity index (χ4v) is 2.08. The molecule has 1 N–H and O–H groups in total. The second-order valence-corrected chi connectivity index (χ2v) is 5.29. The second kappa shape index (κ2) is 6.99. The molecule has 3 rings (SSSR count). The second-order valence-electron chi connectivity index (χ2n) is 5.29. The number of hydrogen-bond acceptors (Lipinski definition) is 6. The smallest absolute Gasteiger partial charge is 0.266 e. The van der Waals surface area contributed by atoms with Gasteiger partial charge in [-0.1, -0.05) is 0 Å². The fraction of sp³-hybridized carbons (Fsp3) is 0.400. The zero-order valence-corrected chi connectivity index (χ0v) is 12.5. The molecule has 0 saturated heterocycles. The van der Waals surface area contributed by atoms with Gasteiger partial charge in [-0.15, -0.1) is 5.10 Å². The van der Waals surface area contributed by atoms with Crippen molar-refractivity contribution in [3.8, 4) is 5.88 Å². The molecule has 8 nitrogen and oxygen atoms in total. The Morgan fingerprint density at radius 2 is 2.22 bits per heavy atom. The average molecular weight is 315 g/mol. The Bertz CT molecular complexity index is 727. The number of nitrogens with zero attached hydrogens (tertiary/aromatic N) is 4. The van der Waals surface area contributed by atoms with E-state index in [1.54, 1.807) is 18.2 Å². The van der Waals surface area contributed by atoms with E-state index in [-0.39, 0.29) is 24.0 Å². The summed E-state index contributed by atoms with van der Waals surface area (Å²) in [6, 6.07) is 6.60. The highest BCUT2D eigenvalue weighted by Gasteiger charge is 2.25. The molecule has 1 aliphatic rings. The molecular formula is C15H17N5O3. The molecular weight excluding hydrogens is 298 g/mol. The Balaban J connectivity index is 1.44. The molecule has 0 radical (unpaired) electrons. The first-order valence-electron chi connectivity index (χ1n) is 7.47. The summed E-state index contributed by atoms with van der Waals surface area (Å²) < 4.78 is 6.57. The summed E-state index contributed by atoms with van der Waals surface area (Å²) in [7, 11) is 0. The number of amides is 1. The van der Waals surface area contributed by atoms with Gasteiger partial charge in [-0.05, 0) is 25.0 Å². The van der Waals surface area contributed by atoms with Gasteiger partial charge in [0.15, 0.2) is 6.61 Å². The largest absolute Gasteiger partial charge is 0.466 e. The number of carbonyl (C=O) groups excluding carboxylic acids is 1. The van der Waals surface area contributed by atoms with Gasteiger partial charge in [0.2, 0.25) is 5.88 Å². The van der Waals surface area contributed by atoms with Crippen LogP contribution in [0.15, 0.2) is 35.3 Å². The Morgan fingerprint density at radius 3 is 2.96 bits per heavy atom. The third-order valence-corrected chi connectivity index (χ3v) is 3.43. The molecule has 120 valence electrons. The van der Waals surface area contributed by atoms with Crippen molar-refractivity contribution in [3.05, 3.63) is 46.5 Å². The van der Waals surface area contributed by atoms with Crippen LogP contribution in [0.3, 0.4) is 0 Å². The van der Waals surface area contributed by atoms with Gasteiger partial charge >= 0.3 is 0 Å². The van der Waals surface area contributed by atoms with E-state index in [1.807, 2.05) is 0 Å². The van der Waals surface area contributed by atoms with Crippen molar-refractivity contribution in [2.75, 3.05) is 13.2 Å². The molecule has 1 fully saturated rings. The summed E-state index contributed by atoms with van der Waals surface area (Å²) >= 11 is 0. The summed E-state index contributed by atoms with van der Waals surface area (Å²) in [5, 5.41) is 14.4. The highest BCUT2D eigenvalue weighted by atomic mass is 16.5. The monoisotopic (exact) mass is 315 g/mol. The zero-order valence-electron chi connectivity index (χ0n) is 12.5. The number of carbonyl (C=O) groups is 1. The van der Waals surface area contributed by atoms with Crippen LogP contribution in [0.1, 0.15) is 24.5 Å². The van der Waals surface area contributed by atoms with E-state index in [2.05, 4.69) is 20.6 Å². The van der Waals surface area contributed by atoms with E-state index in [1.165, 1.54) is 16.9 Å². The quantitative estimate of drug-likeness (QED) is 0.778. The van der Waals surface area contributed by atoms with Crippen LogP contribution in [0.4, 0.5) is 0 Å². The van der Waals surface area contributed by atoms with Gasteiger partial charge in [0, 0.05) is 30.8 Å². The lowest BCUT2D eigenvalue weighted by molar-refractivity contribution is -0.123. The molecule has 2 aromatic heterocycles. The highest BCUT2D eigenvalue weighted by molar-refractivity contribution is 5.77. The van der Waals surface area contributed by atoms with Crippen LogP contribution in [-0.4, -0.2) is 39.0 Å². The normalized spacial score (nSPS) is 13.6. The van der Waals surface area contributed by atoms with Crippen molar-refractivity contribution in [3.63, 3.8) is 0 Å². The van der Waals surface area contributed by atoms with Crippen LogP contribution in [0.2, 0.25) is 0 Å². The summed E-state index contributed by atoms with van der Waals surface area (Å²) in [6.45, 7) is 0.489. The average Bonchev–Trinajstić information content (AvgIpc) is 3.41. The Labute approximate surface area is 132 Å². The van der Waals surface area contributed by atoms with Gasteiger partial charge < -0.3 is 10.1 Å². The summed E-state index contributed by atoms with van der Waals surface area (Å²) in [5.41, 5.74) is 0.779. The first kappa shape index (κ1) is 15.1. The molecule has 1 amide bonds. The number of rotatable bonds is 7. The van der Waals surface area contributed by atoms with Crippen LogP contribution in [0.5, 0.6) is 5.88 Å². The van der Waals surface area contributed by atoms with Gasteiger partial charge in [0.25, 0.3) is 11.5 Å². The molecule has 2 heterocycles. The SMILES string of the molecule is O=C(COc1cccnn1)NCCn1nc(C2CC2)ccc1=O. The van der Waals surface area contributed by atoms with Crippen molar-refractivity contribution in [1.29, 1.82) is 0 Å². The maximum Gasteiger partial charge on any atom is 0.266 e. The molecule has 0 unspecified atom stereocenters. The molecule has 1 saturated carbocycles. The van der Waals surface area contributed by atoms with E-state index < -0.39 is 0 Å². The zero-order chi connectivity index (χ0) is 16.1.